The zero-order chi connectivity index (χ0) is 13.9. The minimum absolute atomic E-state index is 0.279. The molecule has 0 aliphatic rings. The third kappa shape index (κ3) is 2.21. The number of ether oxygens (including phenoxy) is 1. The van der Waals surface area contributed by atoms with Gasteiger partial charge < -0.3 is 14.9 Å². The van der Waals surface area contributed by atoms with Gasteiger partial charge in [0.15, 0.2) is 6.10 Å². The van der Waals surface area contributed by atoms with Crippen LogP contribution in [0, 0.1) is 21.4 Å². The number of nitrogens with zero attached hydrogens (tertiary/aromatic N) is 2. The Morgan fingerprint density at radius 2 is 2.22 bits per heavy atom. The lowest BCUT2D eigenvalue weighted by Crippen LogP contribution is -2.13. The quantitative estimate of drug-likeness (QED) is 0.591. The van der Waals surface area contributed by atoms with Gasteiger partial charge in [0.2, 0.25) is 5.75 Å². The number of rotatable bonds is 4. The molecule has 94 valence electrons. The smallest absolute Gasteiger partial charge is 0.337 e. The molecular formula is C10H8N2O6. The van der Waals surface area contributed by atoms with Gasteiger partial charge in [0.05, 0.1) is 12.0 Å². The predicted molar refractivity (Wildman–Crippen MR) is 57.0 cm³/mol. The third-order valence-corrected chi connectivity index (χ3v) is 2.20. The van der Waals surface area contributed by atoms with Crippen LogP contribution >= 0.6 is 0 Å². The van der Waals surface area contributed by atoms with Crippen molar-refractivity contribution in [1.82, 2.24) is 0 Å². The number of benzene rings is 1. The molecule has 0 fully saturated rings. The molecule has 1 unspecified atom stereocenters. The van der Waals surface area contributed by atoms with Crippen molar-refractivity contribution < 1.29 is 24.7 Å². The molecule has 1 rings (SSSR count). The fraction of sp³-hybridized carbons (Fsp3) is 0.200. The number of nitro groups is 1. The highest BCUT2D eigenvalue weighted by Gasteiger charge is 2.29. The lowest BCUT2D eigenvalue weighted by Gasteiger charge is -2.11. The molecule has 2 N–H and O–H groups in total. The van der Waals surface area contributed by atoms with Gasteiger partial charge in [-0.05, 0) is 6.07 Å². The number of nitro benzene ring substituents is 1. The summed E-state index contributed by atoms with van der Waals surface area (Å²) in [5.41, 5.74) is -1.23. The van der Waals surface area contributed by atoms with E-state index in [0.29, 0.717) is 0 Å². The molecule has 8 heteroatoms. The van der Waals surface area contributed by atoms with E-state index in [1.807, 2.05) is 0 Å². The number of hydrogen-bond donors (Lipinski definition) is 2. The fourth-order valence-electron chi connectivity index (χ4n) is 1.42. The van der Waals surface area contributed by atoms with E-state index in [0.717, 1.165) is 19.2 Å². The van der Waals surface area contributed by atoms with Crippen molar-refractivity contribution in [1.29, 1.82) is 5.26 Å². The summed E-state index contributed by atoms with van der Waals surface area (Å²) in [7, 11) is 1.08. The minimum Gasteiger partial charge on any atom is -0.490 e. The molecule has 0 amide bonds. The monoisotopic (exact) mass is 252 g/mol. The SMILES string of the molecule is COc1c(C(O)C(=O)O)ccc(C#N)c1[N+](=O)[O-]. The standard InChI is InChI=1S/C10H8N2O6/c1-18-9-6(8(13)10(14)15)3-2-5(4-11)7(9)12(16)17/h2-3,8,13H,1H3,(H,14,15). The molecule has 1 aromatic carbocycles. The van der Waals surface area contributed by atoms with Crippen LogP contribution in [0.5, 0.6) is 5.75 Å². The lowest BCUT2D eigenvalue weighted by molar-refractivity contribution is -0.386. The Bertz CT molecular complexity index is 548. The van der Waals surface area contributed by atoms with Crippen LogP contribution in [-0.4, -0.2) is 28.2 Å². The van der Waals surface area contributed by atoms with Crippen molar-refractivity contribution in [3.63, 3.8) is 0 Å². The van der Waals surface area contributed by atoms with Crippen LogP contribution < -0.4 is 4.74 Å². The second-order valence-corrected chi connectivity index (χ2v) is 3.19. The predicted octanol–water partition coefficient (Wildman–Crippen LogP) is 0.593. The van der Waals surface area contributed by atoms with E-state index in [9.17, 15) is 20.0 Å². The Morgan fingerprint density at radius 1 is 1.61 bits per heavy atom. The van der Waals surface area contributed by atoms with Crippen molar-refractivity contribution >= 4 is 11.7 Å². The first-order valence-electron chi connectivity index (χ1n) is 4.60. The van der Waals surface area contributed by atoms with Gasteiger partial charge in [-0.2, -0.15) is 5.26 Å². The van der Waals surface area contributed by atoms with Gasteiger partial charge in [-0.15, -0.1) is 0 Å². The van der Waals surface area contributed by atoms with Crippen molar-refractivity contribution in [2.45, 2.75) is 6.10 Å². The molecule has 0 heterocycles. The summed E-state index contributed by atoms with van der Waals surface area (Å²) in [6, 6.07) is 3.75. The number of carboxylic acid groups (broad SMARTS) is 1. The highest BCUT2D eigenvalue weighted by atomic mass is 16.6. The zero-order valence-corrected chi connectivity index (χ0v) is 9.15. The third-order valence-electron chi connectivity index (χ3n) is 2.20. The first-order valence-corrected chi connectivity index (χ1v) is 4.60. The molecule has 0 saturated carbocycles. The van der Waals surface area contributed by atoms with Gasteiger partial charge in [0.25, 0.3) is 0 Å². The van der Waals surface area contributed by atoms with E-state index in [1.165, 1.54) is 0 Å². The molecule has 0 saturated heterocycles. The van der Waals surface area contributed by atoms with E-state index < -0.39 is 28.4 Å². The average molecular weight is 252 g/mol. The zero-order valence-electron chi connectivity index (χ0n) is 9.15. The summed E-state index contributed by atoms with van der Waals surface area (Å²) in [6.07, 6.45) is -1.97. The van der Waals surface area contributed by atoms with Gasteiger partial charge in [0, 0.05) is 5.56 Å². The minimum atomic E-state index is -1.97. The van der Waals surface area contributed by atoms with Gasteiger partial charge in [-0.1, -0.05) is 6.07 Å². The fourth-order valence-corrected chi connectivity index (χ4v) is 1.42. The van der Waals surface area contributed by atoms with Crippen LogP contribution in [-0.2, 0) is 4.79 Å². The van der Waals surface area contributed by atoms with E-state index in [2.05, 4.69) is 0 Å². The number of carbonyl (C=O) groups is 1. The molecular weight excluding hydrogens is 244 g/mol. The van der Waals surface area contributed by atoms with Gasteiger partial charge in [-0.25, -0.2) is 4.79 Å². The number of aliphatic hydroxyl groups excluding tert-OH is 1. The summed E-state index contributed by atoms with van der Waals surface area (Å²) >= 11 is 0. The second-order valence-electron chi connectivity index (χ2n) is 3.19. The van der Waals surface area contributed by atoms with Crippen LogP contribution in [0.3, 0.4) is 0 Å². The van der Waals surface area contributed by atoms with Gasteiger partial charge >= 0.3 is 11.7 Å². The lowest BCUT2D eigenvalue weighted by atomic mass is 10.0. The number of hydrogen-bond acceptors (Lipinski definition) is 6. The molecule has 0 spiro atoms. The van der Waals surface area contributed by atoms with Crippen LogP contribution in [0.4, 0.5) is 5.69 Å². The molecule has 0 bridgehead atoms. The van der Waals surface area contributed by atoms with Crippen molar-refractivity contribution in [2.24, 2.45) is 0 Å². The Balaban J connectivity index is 3.58. The van der Waals surface area contributed by atoms with Crippen molar-refractivity contribution in [3.8, 4) is 11.8 Å². The molecule has 1 aromatic rings. The molecule has 1 atom stereocenters. The maximum Gasteiger partial charge on any atom is 0.337 e. The number of aliphatic hydroxyl groups is 1. The maximum absolute atomic E-state index is 10.9. The summed E-state index contributed by atoms with van der Waals surface area (Å²) < 4.78 is 4.74. The van der Waals surface area contributed by atoms with Crippen LogP contribution in [0.25, 0.3) is 0 Å². The molecule has 0 aliphatic carbocycles. The first kappa shape index (κ1) is 13.4. The van der Waals surface area contributed by atoms with E-state index in [-0.39, 0.29) is 11.1 Å². The molecule has 0 aliphatic heterocycles. The van der Waals surface area contributed by atoms with E-state index in [4.69, 9.17) is 15.1 Å². The highest BCUT2D eigenvalue weighted by molar-refractivity contribution is 5.77. The second kappa shape index (κ2) is 5.11. The van der Waals surface area contributed by atoms with Crippen LogP contribution in [0.2, 0.25) is 0 Å². The first-order chi connectivity index (χ1) is 8.43. The van der Waals surface area contributed by atoms with Crippen LogP contribution in [0.1, 0.15) is 17.2 Å². The van der Waals surface area contributed by atoms with Crippen molar-refractivity contribution in [2.75, 3.05) is 7.11 Å². The Hall–Kier alpha value is -2.66. The normalized spacial score (nSPS) is 11.4. The molecule has 0 aromatic heterocycles. The molecule has 18 heavy (non-hydrogen) atoms. The van der Waals surface area contributed by atoms with E-state index >= 15 is 0 Å². The number of carboxylic acids is 1. The summed E-state index contributed by atoms with van der Waals surface area (Å²) in [6.45, 7) is 0. The van der Waals surface area contributed by atoms with Gasteiger partial charge in [0.1, 0.15) is 11.6 Å². The number of nitriles is 1. The van der Waals surface area contributed by atoms with Crippen LogP contribution in [0.15, 0.2) is 12.1 Å². The Labute approximate surface area is 101 Å². The maximum atomic E-state index is 10.9. The van der Waals surface area contributed by atoms with Crippen molar-refractivity contribution in [3.05, 3.63) is 33.4 Å². The summed E-state index contributed by atoms with van der Waals surface area (Å²) in [5, 5.41) is 37.7. The molecule has 8 nitrogen and oxygen atoms in total. The number of aliphatic carboxylic acids is 1. The molecule has 0 radical (unpaired) electrons. The highest BCUT2D eigenvalue weighted by Crippen LogP contribution is 2.37. The average Bonchev–Trinajstić information content (AvgIpc) is 2.35. The number of methoxy groups -OCH3 is 1. The summed E-state index contributed by atoms with van der Waals surface area (Å²) in [5.74, 6) is -2.01. The van der Waals surface area contributed by atoms with E-state index in [1.54, 1.807) is 6.07 Å². The largest absolute Gasteiger partial charge is 0.490 e. The Morgan fingerprint density at radius 3 is 2.61 bits per heavy atom. The summed E-state index contributed by atoms with van der Waals surface area (Å²) in [4.78, 5) is 20.6. The Kier molecular flexibility index (Phi) is 3.81. The van der Waals surface area contributed by atoms with Gasteiger partial charge in [-0.3, -0.25) is 10.1 Å². The topological polar surface area (TPSA) is 134 Å².